The van der Waals surface area contributed by atoms with Crippen LogP contribution in [0, 0.1) is 0 Å². The fourth-order valence-electron chi connectivity index (χ4n) is 3.69. The molecule has 1 saturated heterocycles. The van der Waals surface area contributed by atoms with E-state index in [2.05, 4.69) is 59.6 Å². The van der Waals surface area contributed by atoms with E-state index in [0.29, 0.717) is 12.0 Å². The van der Waals surface area contributed by atoms with Crippen LogP contribution in [-0.2, 0) is 0 Å². The Morgan fingerprint density at radius 1 is 1.14 bits per heavy atom. The number of rotatable bonds is 2. The van der Waals surface area contributed by atoms with E-state index in [9.17, 15) is 0 Å². The Morgan fingerprint density at radius 2 is 1.91 bits per heavy atom. The molecule has 3 heteroatoms. The summed E-state index contributed by atoms with van der Waals surface area (Å²) < 4.78 is 0. The lowest BCUT2D eigenvalue weighted by atomic mass is 9.94. The molecule has 0 aromatic heterocycles. The van der Waals surface area contributed by atoms with Crippen LogP contribution in [0.3, 0.4) is 0 Å². The highest BCUT2D eigenvalue weighted by Gasteiger charge is 2.40. The van der Waals surface area contributed by atoms with E-state index in [1.807, 2.05) is 12.1 Å². The van der Waals surface area contributed by atoms with Gasteiger partial charge in [0.1, 0.15) is 0 Å². The van der Waals surface area contributed by atoms with Gasteiger partial charge in [-0.1, -0.05) is 36.9 Å². The van der Waals surface area contributed by atoms with Crippen molar-refractivity contribution in [3.8, 4) is 0 Å². The molecule has 0 spiro atoms. The molecule has 2 unspecified atom stereocenters. The molecule has 2 heterocycles. The molecule has 2 aliphatic rings. The molecule has 2 aromatic rings. The van der Waals surface area contributed by atoms with Crippen LogP contribution in [0.2, 0.25) is 0 Å². The molecule has 22 heavy (non-hydrogen) atoms. The minimum absolute atomic E-state index is 0.545. The van der Waals surface area contributed by atoms with E-state index in [-0.39, 0.29) is 0 Å². The Bertz CT molecular complexity index is 708. The van der Waals surface area contributed by atoms with E-state index in [1.165, 1.54) is 29.2 Å². The van der Waals surface area contributed by atoms with Crippen LogP contribution in [-0.4, -0.2) is 17.5 Å². The van der Waals surface area contributed by atoms with E-state index in [0.717, 1.165) is 16.9 Å². The molecule has 2 N–H and O–H groups in total. The van der Waals surface area contributed by atoms with Gasteiger partial charge in [0.25, 0.3) is 0 Å². The third kappa shape index (κ3) is 2.12. The van der Waals surface area contributed by atoms with Crippen molar-refractivity contribution in [2.45, 2.75) is 18.4 Å². The topological polar surface area (TPSA) is 29.3 Å². The molecule has 0 bridgehead atoms. The summed E-state index contributed by atoms with van der Waals surface area (Å²) in [5, 5.41) is 0. The summed E-state index contributed by atoms with van der Waals surface area (Å²) >= 11 is 2.07. The van der Waals surface area contributed by atoms with Crippen molar-refractivity contribution in [3.63, 3.8) is 0 Å². The number of nitrogen functional groups attached to an aromatic ring is 1. The monoisotopic (exact) mass is 308 g/mol. The van der Waals surface area contributed by atoms with Crippen LogP contribution >= 0.6 is 11.8 Å². The molecule has 2 nitrogen and oxygen atoms in total. The first-order chi connectivity index (χ1) is 10.8. The predicted octanol–water partition coefficient (Wildman–Crippen LogP) is 4.35. The maximum absolute atomic E-state index is 5.82. The minimum Gasteiger partial charge on any atom is -0.399 e. The van der Waals surface area contributed by atoms with Crippen LogP contribution in [0.4, 0.5) is 11.4 Å². The fraction of sp³-hybridized carbons (Fsp3) is 0.263. The third-order valence-corrected chi connectivity index (χ3v) is 5.90. The van der Waals surface area contributed by atoms with Gasteiger partial charge in [-0.3, -0.25) is 0 Å². The summed E-state index contributed by atoms with van der Waals surface area (Å²) in [6.45, 7) is 4.40. The molecule has 4 rings (SSSR count). The van der Waals surface area contributed by atoms with Gasteiger partial charge in [-0.15, -0.1) is 0 Å². The van der Waals surface area contributed by atoms with Gasteiger partial charge in [0.15, 0.2) is 0 Å². The van der Waals surface area contributed by atoms with Gasteiger partial charge in [0, 0.05) is 34.8 Å². The third-order valence-electron chi connectivity index (χ3n) is 4.78. The number of fused-ring (bicyclic) bond motifs is 3. The maximum atomic E-state index is 5.82. The van der Waals surface area contributed by atoms with Gasteiger partial charge < -0.3 is 10.6 Å². The van der Waals surface area contributed by atoms with Gasteiger partial charge in [0.2, 0.25) is 0 Å². The zero-order chi connectivity index (χ0) is 15.1. The van der Waals surface area contributed by atoms with Crippen molar-refractivity contribution < 1.29 is 0 Å². The molecule has 0 saturated carbocycles. The average molecular weight is 308 g/mol. The van der Waals surface area contributed by atoms with E-state index < -0.39 is 0 Å². The van der Waals surface area contributed by atoms with Crippen molar-refractivity contribution in [2.24, 2.45) is 0 Å². The lowest BCUT2D eigenvalue weighted by molar-refractivity contribution is 0.574. The zero-order valence-corrected chi connectivity index (χ0v) is 13.4. The molecule has 0 amide bonds. The summed E-state index contributed by atoms with van der Waals surface area (Å²) in [5.74, 6) is 3.08. The number of nitrogens with two attached hydrogens (primary N) is 1. The Kier molecular flexibility index (Phi) is 3.38. The number of anilines is 2. The lowest BCUT2D eigenvalue weighted by Crippen LogP contribution is -2.36. The van der Waals surface area contributed by atoms with E-state index in [4.69, 9.17) is 5.73 Å². The van der Waals surface area contributed by atoms with Crippen molar-refractivity contribution >= 4 is 28.8 Å². The Morgan fingerprint density at radius 3 is 2.73 bits per heavy atom. The highest BCUT2D eigenvalue weighted by molar-refractivity contribution is 7.99. The number of para-hydroxylation sites is 1. The van der Waals surface area contributed by atoms with Gasteiger partial charge in [-0.2, -0.15) is 11.8 Å². The van der Waals surface area contributed by atoms with Gasteiger partial charge in [-0.25, -0.2) is 0 Å². The standard InChI is InChI=1S/C19H20N2S/c1-13(14-6-8-15(20)9-7-14)21-18-5-3-2-4-16(18)17-12-22-11-10-19(17)21/h2-9,17,19H,1,10-12,20H2. The molecule has 112 valence electrons. The highest BCUT2D eigenvalue weighted by Crippen LogP contribution is 2.49. The molecule has 1 fully saturated rings. The van der Waals surface area contributed by atoms with Crippen molar-refractivity contribution in [3.05, 3.63) is 66.2 Å². The largest absolute Gasteiger partial charge is 0.399 e. The summed E-state index contributed by atoms with van der Waals surface area (Å²) in [5.41, 5.74) is 11.7. The highest BCUT2D eigenvalue weighted by atomic mass is 32.2. The molecular formula is C19H20N2S. The predicted molar refractivity (Wildman–Crippen MR) is 97.3 cm³/mol. The van der Waals surface area contributed by atoms with Gasteiger partial charge in [0.05, 0.1) is 0 Å². The van der Waals surface area contributed by atoms with Crippen LogP contribution in [0.15, 0.2) is 55.1 Å². The first kappa shape index (κ1) is 13.8. The average Bonchev–Trinajstić information content (AvgIpc) is 2.89. The number of nitrogens with zero attached hydrogens (tertiary/aromatic N) is 1. The SMILES string of the molecule is C=C(c1ccc(N)cc1)N1c2ccccc2C2CSCCC21. The van der Waals surface area contributed by atoms with Crippen LogP contribution in [0.5, 0.6) is 0 Å². The molecule has 2 aliphatic heterocycles. The minimum atomic E-state index is 0.545. The number of hydrogen-bond acceptors (Lipinski definition) is 3. The second kappa shape index (κ2) is 5.40. The van der Waals surface area contributed by atoms with Crippen LogP contribution in [0.1, 0.15) is 23.5 Å². The molecule has 0 aliphatic carbocycles. The number of thioether (sulfide) groups is 1. The van der Waals surface area contributed by atoms with Crippen molar-refractivity contribution in [1.82, 2.24) is 0 Å². The normalized spacial score (nSPS) is 23.0. The fourth-order valence-corrected chi connectivity index (χ4v) is 4.92. The first-order valence-electron chi connectivity index (χ1n) is 7.76. The molecular weight excluding hydrogens is 288 g/mol. The van der Waals surface area contributed by atoms with Crippen LogP contribution < -0.4 is 10.6 Å². The van der Waals surface area contributed by atoms with E-state index in [1.54, 1.807) is 0 Å². The van der Waals surface area contributed by atoms with E-state index >= 15 is 0 Å². The Balaban J connectivity index is 1.76. The maximum Gasteiger partial charge on any atom is 0.0450 e. The van der Waals surface area contributed by atoms with Crippen molar-refractivity contribution in [1.29, 1.82) is 0 Å². The molecule has 2 aromatic carbocycles. The zero-order valence-electron chi connectivity index (χ0n) is 12.5. The van der Waals surface area contributed by atoms with Gasteiger partial charge in [-0.05, 0) is 41.5 Å². The Hall–Kier alpha value is -1.87. The van der Waals surface area contributed by atoms with Crippen LogP contribution in [0.25, 0.3) is 5.70 Å². The molecule has 2 atom stereocenters. The first-order valence-corrected chi connectivity index (χ1v) is 8.92. The number of hydrogen-bond donors (Lipinski definition) is 1. The Labute approximate surface area is 136 Å². The molecule has 0 radical (unpaired) electrons. The summed E-state index contributed by atoms with van der Waals surface area (Å²) in [4.78, 5) is 2.46. The number of benzene rings is 2. The second-order valence-electron chi connectivity index (χ2n) is 6.03. The lowest BCUT2D eigenvalue weighted by Gasteiger charge is -2.34. The summed E-state index contributed by atoms with van der Waals surface area (Å²) in [7, 11) is 0. The summed E-state index contributed by atoms with van der Waals surface area (Å²) in [6, 6.07) is 17.4. The summed E-state index contributed by atoms with van der Waals surface area (Å²) in [6.07, 6.45) is 1.22. The van der Waals surface area contributed by atoms with Crippen molar-refractivity contribution in [2.75, 3.05) is 22.1 Å². The smallest absolute Gasteiger partial charge is 0.0450 e. The van der Waals surface area contributed by atoms with Gasteiger partial charge >= 0.3 is 0 Å². The quantitative estimate of drug-likeness (QED) is 0.836. The second-order valence-corrected chi connectivity index (χ2v) is 7.18.